The van der Waals surface area contributed by atoms with E-state index in [1.807, 2.05) is 0 Å². The minimum absolute atomic E-state index is 0.0429. The second-order valence-corrected chi connectivity index (χ2v) is 11.2. The van der Waals surface area contributed by atoms with Crippen molar-refractivity contribution in [3.8, 4) is 5.75 Å². The molecule has 0 saturated heterocycles. The normalized spacial score (nSPS) is 14.4. The Kier molecular flexibility index (Phi) is 12.4. The van der Waals surface area contributed by atoms with Crippen molar-refractivity contribution in [2.24, 2.45) is 5.41 Å². The summed E-state index contributed by atoms with van der Waals surface area (Å²) in [7, 11) is -6.98. The molecule has 0 saturated carbocycles. The summed E-state index contributed by atoms with van der Waals surface area (Å²) in [5.41, 5.74) is -1.59. The second kappa shape index (κ2) is 14.2. The standard InChI is InChI=1S/C21H32NO11PS/c1-15(23)22-11-7-13-35(29,30)33-17(21(2,3)19(25)20(26)27)10-12-31-18(24)14-34(28)32-16-8-5-4-6-9-16/h4-6,8-9,17,19,25,34H,7,10-14H2,1-3H3,(H,22,23)(H,26,27)/t17?,19-/m0/s1. The van der Waals surface area contributed by atoms with Crippen LogP contribution in [0.5, 0.6) is 5.75 Å². The number of esters is 1. The monoisotopic (exact) mass is 537 g/mol. The smallest absolute Gasteiger partial charge is 0.333 e. The topological polar surface area (TPSA) is 183 Å². The number of ether oxygens (including phenoxy) is 1. The molecule has 35 heavy (non-hydrogen) atoms. The third-order valence-corrected chi connectivity index (χ3v) is 7.24. The molecule has 3 atom stereocenters. The van der Waals surface area contributed by atoms with E-state index in [4.69, 9.17) is 13.4 Å². The van der Waals surface area contributed by atoms with Crippen molar-refractivity contribution in [2.45, 2.75) is 45.8 Å². The van der Waals surface area contributed by atoms with Crippen molar-refractivity contribution >= 4 is 36.0 Å². The number of amides is 1. The summed E-state index contributed by atoms with van der Waals surface area (Å²) in [6.45, 7) is 3.59. The second-order valence-electron chi connectivity index (χ2n) is 8.22. The number of benzene rings is 1. The van der Waals surface area contributed by atoms with Gasteiger partial charge in [-0.2, -0.15) is 8.42 Å². The number of carboxylic acid groups (broad SMARTS) is 1. The lowest BCUT2D eigenvalue weighted by Crippen LogP contribution is -2.47. The summed E-state index contributed by atoms with van der Waals surface area (Å²) in [4.78, 5) is 34.2. The zero-order valence-electron chi connectivity index (χ0n) is 19.8. The van der Waals surface area contributed by atoms with Gasteiger partial charge < -0.3 is 24.8 Å². The van der Waals surface area contributed by atoms with Crippen LogP contribution in [-0.4, -0.2) is 73.8 Å². The van der Waals surface area contributed by atoms with Crippen molar-refractivity contribution in [1.82, 2.24) is 5.32 Å². The molecular weight excluding hydrogens is 505 g/mol. The number of carbonyl (C=O) groups excluding carboxylic acids is 2. The molecule has 1 aromatic rings. The SMILES string of the molecule is CC(=O)NCCCS(=O)(=O)OC(CCOC(=O)C[PH](=O)Oc1ccccc1)C(C)(C)[C@@H](O)C(=O)O. The first-order valence-electron chi connectivity index (χ1n) is 10.7. The predicted molar refractivity (Wildman–Crippen MR) is 126 cm³/mol. The molecule has 0 aliphatic carbocycles. The third kappa shape index (κ3) is 11.7. The number of carboxylic acids is 1. The quantitative estimate of drug-likeness (QED) is 0.119. The molecule has 0 bridgehead atoms. The summed E-state index contributed by atoms with van der Waals surface area (Å²) in [6.07, 6.45) is -4.10. The van der Waals surface area contributed by atoms with Gasteiger partial charge in [-0.05, 0) is 18.6 Å². The Morgan fingerprint density at radius 2 is 1.80 bits per heavy atom. The lowest BCUT2D eigenvalue weighted by Gasteiger charge is -2.35. The first-order chi connectivity index (χ1) is 16.2. The van der Waals surface area contributed by atoms with Gasteiger partial charge in [0.2, 0.25) is 13.9 Å². The molecule has 0 fully saturated rings. The zero-order valence-corrected chi connectivity index (χ0v) is 21.6. The molecule has 0 heterocycles. The average Bonchev–Trinajstić information content (AvgIpc) is 2.75. The van der Waals surface area contributed by atoms with Gasteiger partial charge in [0.05, 0.1) is 18.5 Å². The van der Waals surface area contributed by atoms with Crippen molar-refractivity contribution in [3.05, 3.63) is 30.3 Å². The molecule has 12 nitrogen and oxygen atoms in total. The molecule has 198 valence electrons. The van der Waals surface area contributed by atoms with E-state index in [2.05, 4.69) is 5.32 Å². The molecular formula is C21H32NO11PS. The average molecular weight is 538 g/mol. The van der Waals surface area contributed by atoms with Crippen LogP contribution in [0.25, 0.3) is 0 Å². The number of hydrogen-bond acceptors (Lipinski definition) is 10. The summed E-state index contributed by atoms with van der Waals surface area (Å²) >= 11 is 0. The van der Waals surface area contributed by atoms with Crippen LogP contribution in [-0.2, 0) is 38.0 Å². The van der Waals surface area contributed by atoms with Crippen LogP contribution in [0.4, 0.5) is 0 Å². The lowest BCUT2D eigenvalue weighted by atomic mass is 9.79. The van der Waals surface area contributed by atoms with Crippen molar-refractivity contribution < 1.29 is 51.0 Å². The Bertz CT molecular complexity index is 982. The van der Waals surface area contributed by atoms with E-state index in [0.717, 1.165) is 0 Å². The molecule has 1 aromatic carbocycles. The highest BCUT2D eigenvalue weighted by Crippen LogP contribution is 2.32. The van der Waals surface area contributed by atoms with Crippen LogP contribution < -0.4 is 9.84 Å². The van der Waals surface area contributed by atoms with Gasteiger partial charge in [0.15, 0.2) is 6.10 Å². The summed E-state index contributed by atoms with van der Waals surface area (Å²) in [5.74, 6) is -2.92. The van der Waals surface area contributed by atoms with Crippen molar-refractivity contribution in [2.75, 3.05) is 25.1 Å². The number of aliphatic carboxylic acids is 1. The van der Waals surface area contributed by atoms with E-state index in [1.54, 1.807) is 30.3 Å². The lowest BCUT2D eigenvalue weighted by molar-refractivity contribution is -0.159. The highest BCUT2D eigenvalue weighted by molar-refractivity contribution is 7.86. The van der Waals surface area contributed by atoms with Crippen LogP contribution in [0, 0.1) is 5.41 Å². The third-order valence-electron chi connectivity index (χ3n) is 4.88. The Hall–Kier alpha value is -2.47. The van der Waals surface area contributed by atoms with E-state index >= 15 is 0 Å². The van der Waals surface area contributed by atoms with Gasteiger partial charge in [-0.1, -0.05) is 32.0 Å². The van der Waals surface area contributed by atoms with Gasteiger partial charge >= 0.3 is 11.9 Å². The van der Waals surface area contributed by atoms with E-state index in [0.29, 0.717) is 5.75 Å². The van der Waals surface area contributed by atoms with Gasteiger partial charge in [-0.15, -0.1) is 0 Å². The number of para-hydroxylation sites is 1. The van der Waals surface area contributed by atoms with Crippen LogP contribution in [0.15, 0.2) is 30.3 Å². The fourth-order valence-electron chi connectivity index (χ4n) is 2.88. The maximum atomic E-state index is 12.4. The Morgan fingerprint density at radius 3 is 2.37 bits per heavy atom. The molecule has 1 rings (SSSR count). The summed E-state index contributed by atoms with van der Waals surface area (Å²) in [6, 6.07) is 8.22. The van der Waals surface area contributed by atoms with Crippen molar-refractivity contribution in [3.63, 3.8) is 0 Å². The van der Waals surface area contributed by atoms with Crippen LogP contribution in [0.2, 0.25) is 0 Å². The molecule has 3 N–H and O–H groups in total. The van der Waals surface area contributed by atoms with E-state index in [-0.39, 0.29) is 31.9 Å². The number of aliphatic hydroxyl groups is 1. The molecule has 2 unspecified atom stereocenters. The van der Waals surface area contributed by atoms with E-state index in [9.17, 15) is 37.6 Å². The predicted octanol–water partition coefficient (Wildman–Crippen LogP) is 1.19. The van der Waals surface area contributed by atoms with Gasteiger partial charge in [-0.25, -0.2) is 4.79 Å². The minimum Gasteiger partial charge on any atom is -0.479 e. The minimum atomic E-state index is -4.19. The highest BCUT2D eigenvalue weighted by Gasteiger charge is 2.43. The van der Waals surface area contributed by atoms with Crippen LogP contribution >= 0.6 is 8.03 Å². The molecule has 14 heteroatoms. The summed E-state index contributed by atoms with van der Waals surface area (Å²) in [5, 5.41) is 21.7. The van der Waals surface area contributed by atoms with Crippen molar-refractivity contribution in [1.29, 1.82) is 0 Å². The van der Waals surface area contributed by atoms with E-state index in [1.165, 1.54) is 20.8 Å². The maximum absolute atomic E-state index is 12.4. The number of nitrogens with one attached hydrogen (secondary N) is 1. The number of aliphatic hydroxyl groups excluding tert-OH is 1. The van der Waals surface area contributed by atoms with E-state index < -0.39 is 59.6 Å². The zero-order chi connectivity index (χ0) is 26.6. The number of hydrogen-bond donors (Lipinski definition) is 3. The molecule has 1 amide bonds. The first kappa shape index (κ1) is 30.6. The Balaban J connectivity index is 2.74. The Morgan fingerprint density at radius 1 is 1.17 bits per heavy atom. The molecule has 0 aromatic heterocycles. The van der Waals surface area contributed by atoms with Gasteiger partial charge in [0.1, 0.15) is 11.9 Å². The molecule has 0 aliphatic heterocycles. The van der Waals surface area contributed by atoms with Crippen LogP contribution in [0.3, 0.4) is 0 Å². The fourth-order valence-corrected chi connectivity index (χ4v) is 4.98. The molecule has 0 aliphatic rings. The van der Waals surface area contributed by atoms with Gasteiger partial charge in [-0.3, -0.25) is 18.3 Å². The number of carbonyl (C=O) groups is 3. The largest absolute Gasteiger partial charge is 0.479 e. The molecule has 0 radical (unpaired) electrons. The highest BCUT2D eigenvalue weighted by atomic mass is 32.2. The fraction of sp³-hybridized carbons (Fsp3) is 0.571. The maximum Gasteiger partial charge on any atom is 0.333 e. The number of rotatable bonds is 16. The first-order valence-corrected chi connectivity index (χ1v) is 13.8. The Labute approximate surface area is 204 Å². The van der Waals surface area contributed by atoms with Crippen LogP contribution in [0.1, 0.15) is 33.6 Å². The molecule has 0 spiro atoms. The van der Waals surface area contributed by atoms with Gasteiger partial charge in [0.25, 0.3) is 10.1 Å². The van der Waals surface area contributed by atoms with Gasteiger partial charge in [0, 0.05) is 25.3 Å². The summed E-state index contributed by atoms with van der Waals surface area (Å²) < 4.78 is 52.2.